The maximum atomic E-state index is 13.3. The van der Waals surface area contributed by atoms with Crippen molar-refractivity contribution in [3.8, 4) is 16.9 Å². The summed E-state index contributed by atoms with van der Waals surface area (Å²) in [7, 11) is -3.73. The van der Waals surface area contributed by atoms with E-state index < -0.39 is 15.8 Å². The number of nitrogens with zero attached hydrogens (tertiary/aromatic N) is 1. The van der Waals surface area contributed by atoms with Gasteiger partial charge in [-0.2, -0.15) is 0 Å². The van der Waals surface area contributed by atoms with Crippen LogP contribution in [0, 0.1) is 5.82 Å². The zero-order valence-corrected chi connectivity index (χ0v) is 13.4. The topological polar surface area (TPSA) is 65.1 Å². The lowest BCUT2D eigenvalue weighted by Gasteiger charge is -2.10. The van der Waals surface area contributed by atoms with Gasteiger partial charge in [0.05, 0.1) is 15.6 Å². The van der Waals surface area contributed by atoms with E-state index in [0.29, 0.717) is 0 Å². The van der Waals surface area contributed by atoms with Crippen LogP contribution in [0.2, 0.25) is 5.02 Å². The molecule has 3 aromatic rings. The van der Waals surface area contributed by atoms with Crippen LogP contribution < -0.4 is 5.14 Å². The minimum Gasteiger partial charge on any atom is -0.317 e. The van der Waals surface area contributed by atoms with E-state index in [0.717, 1.165) is 16.9 Å². The number of sulfonamides is 1. The van der Waals surface area contributed by atoms with Crippen LogP contribution in [0.1, 0.15) is 0 Å². The van der Waals surface area contributed by atoms with E-state index in [4.69, 9.17) is 16.7 Å². The Balaban J connectivity index is 2.05. The zero-order valence-electron chi connectivity index (χ0n) is 11.8. The smallest absolute Gasteiger partial charge is 0.238 e. The monoisotopic (exact) mass is 350 g/mol. The number of nitrogens with two attached hydrogens (primary N) is 1. The first kappa shape index (κ1) is 15.7. The first-order valence-electron chi connectivity index (χ1n) is 6.62. The van der Waals surface area contributed by atoms with Crippen LogP contribution in [-0.4, -0.2) is 13.0 Å². The molecule has 7 heteroatoms. The van der Waals surface area contributed by atoms with Gasteiger partial charge in [-0.1, -0.05) is 11.6 Å². The number of aromatic nitrogens is 1. The molecular weight excluding hydrogens is 339 g/mol. The maximum Gasteiger partial charge on any atom is 0.238 e. The molecule has 0 saturated heterocycles. The fourth-order valence-corrected chi connectivity index (χ4v) is 2.99. The number of primary sulfonamides is 1. The molecule has 0 saturated carbocycles. The molecule has 118 valence electrons. The van der Waals surface area contributed by atoms with E-state index in [1.54, 1.807) is 24.3 Å². The van der Waals surface area contributed by atoms with Gasteiger partial charge in [0, 0.05) is 17.4 Å². The largest absolute Gasteiger partial charge is 0.317 e. The lowest BCUT2D eigenvalue weighted by Crippen LogP contribution is -2.12. The molecule has 0 atom stereocenters. The van der Waals surface area contributed by atoms with Crippen molar-refractivity contribution in [2.45, 2.75) is 4.90 Å². The van der Waals surface area contributed by atoms with Gasteiger partial charge in [-0.15, -0.1) is 0 Å². The van der Waals surface area contributed by atoms with Crippen LogP contribution in [-0.2, 0) is 10.0 Å². The van der Waals surface area contributed by atoms with E-state index in [1.165, 1.54) is 18.2 Å². The predicted octanol–water partition coefficient (Wildman–Crippen LogP) is 3.58. The SMILES string of the molecule is NS(=O)(=O)c1ccc(-n2cccc2-c2ccc(F)c(Cl)c2)cc1. The summed E-state index contributed by atoms with van der Waals surface area (Å²) >= 11 is 5.84. The Labute approximate surface area is 138 Å². The molecule has 0 radical (unpaired) electrons. The summed E-state index contributed by atoms with van der Waals surface area (Å²) in [5.41, 5.74) is 2.30. The molecule has 0 spiro atoms. The molecule has 0 aliphatic carbocycles. The second kappa shape index (κ2) is 5.81. The zero-order chi connectivity index (χ0) is 16.6. The van der Waals surface area contributed by atoms with Gasteiger partial charge in [-0.05, 0) is 54.6 Å². The van der Waals surface area contributed by atoms with Gasteiger partial charge in [0.25, 0.3) is 0 Å². The number of hydrogen-bond acceptors (Lipinski definition) is 2. The third-order valence-corrected chi connectivity index (χ3v) is 4.63. The van der Waals surface area contributed by atoms with Gasteiger partial charge in [0.2, 0.25) is 10.0 Å². The fourth-order valence-electron chi connectivity index (χ4n) is 2.29. The summed E-state index contributed by atoms with van der Waals surface area (Å²) in [6, 6.07) is 14.3. The standard InChI is InChI=1S/C16H12ClFN2O2S/c17-14-10-11(3-8-15(14)18)16-2-1-9-20(16)12-4-6-13(7-5-12)23(19,21)22/h1-10H,(H2,19,21,22). The van der Waals surface area contributed by atoms with Crippen LogP contribution in [0.3, 0.4) is 0 Å². The molecule has 0 unspecified atom stereocenters. The Hall–Kier alpha value is -2.15. The lowest BCUT2D eigenvalue weighted by molar-refractivity contribution is 0.598. The second-order valence-corrected chi connectivity index (χ2v) is 6.90. The van der Waals surface area contributed by atoms with Crippen molar-refractivity contribution in [1.82, 2.24) is 4.57 Å². The first-order chi connectivity index (χ1) is 10.9. The average Bonchev–Trinajstić information content (AvgIpc) is 2.99. The van der Waals surface area contributed by atoms with Crippen LogP contribution in [0.15, 0.2) is 65.7 Å². The molecule has 2 aromatic carbocycles. The van der Waals surface area contributed by atoms with Crippen LogP contribution in [0.4, 0.5) is 4.39 Å². The van der Waals surface area contributed by atoms with Gasteiger partial charge in [0.15, 0.2) is 0 Å². The molecular formula is C16H12ClFN2O2S. The molecule has 3 rings (SSSR count). The molecule has 0 bridgehead atoms. The number of hydrogen-bond donors (Lipinski definition) is 1. The number of halogens is 2. The first-order valence-corrected chi connectivity index (χ1v) is 8.55. The highest BCUT2D eigenvalue weighted by atomic mass is 35.5. The van der Waals surface area contributed by atoms with Gasteiger partial charge < -0.3 is 4.57 Å². The minimum atomic E-state index is -3.73. The Morgan fingerprint density at radius 3 is 2.35 bits per heavy atom. The second-order valence-electron chi connectivity index (χ2n) is 4.93. The Morgan fingerprint density at radius 1 is 1.04 bits per heavy atom. The highest BCUT2D eigenvalue weighted by Gasteiger charge is 2.11. The Bertz CT molecular complexity index is 966. The van der Waals surface area contributed by atoms with E-state index in [9.17, 15) is 12.8 Å². The number of benzene rings is 2. The van der Waals surface area contributed by atoms with Gasteiger partial charge in [-0.25, -0.2) is 17.9 Å². The summed E-state index contributed by atoms with van der Waals surface area (Å²) < 4.78 is 37.8. The molecule has 2 N–H and O–H groups in total. The molecule has 1 heterocycles. The Kier molecular flexibility index (Phi) is 3.97. The highest BCUT2D eigenvalue weighted by molar-refractivity contribution is 7.89. The van der Waals surface area contributed by atoms with Crippen molar-refractivity contribution >= 4 is 21.6 Å². The summed E-state index contributed by atoms with van der Waals surface area (Å²) in [6.07, 6.45) is 1.82. The van der Waals surface area contributed by atoms with E-state index in [-0.39, 0.29) is 9.92 Å². The maximum absolute atomic E-state index is 13.3. The molecule has 0 fully saturated rings. The lowest BCUT2D eigenvalue weighted by atomic mass is 10.1. The highest BCUT2D eigenvalue weighted by Crippen LogP contribution is 2.27. The Morgan fingerprint density at radius 2 is 1.74 bits per heavy atom. The molecule has 23 heavy (non-hydrogen) atoms. The van der Waals surface area contributed by atoms with Crippen molar-refractivity contribution in [3.63, 3.8) is 0 Å². The van der Waals surface area contributed by atoms with Crippen molar-refractivity contribution < 1.29 is 12.8 Å². The van der Waals surface area contributed by atoms with Crippen LogP contribution >= 0.6 is 11.6 Å². The summed E-state index contributed by atoms with van der Waals surface area (Å²) in [5.74, 6) is -0.481. The van der Waals surface area contributed by atoms with E-state index >= 15 is 0 Å². The van der Waals surface area contributed by atoms with Crippen molar-refractivity contribution in [3.05, 3.63) is 71.6 Å². The van der Waals surface area contributed by atoms with Crippen molar-refractivity contribution in [2.75, 3.05) is 0 Å². The summed E-state index contributed by atoms with van der Waals surface area (Å²) in [5, 5.41) is 5.13. The number of rotatable bonds is 3. The quantitative estimate of drug-likeness (QED) is 0.784. The third kappa shape index (κ3) is 3.14. The van der Waals surface area contributed by atoms with E-state index in [2.05, 4.69) is 0 Å². The minimum absolute atomic E-state index is 0.0415. The van der Waals surface area contributed by atoms with Gasteiger partial charge in [-0.3, -0.25) is 0 Å². The molecule has 0 aliphatic rings. The van der Waals surface area contributed by atoms with Crippen LogP contribution in [0.25, 0.3) is 16.9 Å². The van der Waals surface area contributed by atoms with Crippen molar-refractivity contribution in [2.24, 2.45) is 5.14 Å². The van der Waals surface area contributed by atoms with Crippen LogP contribution in [0.5, 0.6) is 0 Å². The molecule has 0 aliphatic heterocycles. The molecule has 4 nitrogen and oxygen atoms in total. The predicted molar refractivity (Wildman–Crippen MR) is 87.5 cm³/mol. The molecule has 1 aromatic heterocycles. The van der Waals surface area contributed by atoms with Gasteiger partial charge in [0.1, 0.15) is 5.82 Å². The van der Waals surface area contributed by atoms with Crippen molar-refractivity contribution in [1.29, 1.82) is 0 Å². The summed E-state index contributed by atoms with van der Waals surface area (Å²) in [4.78, 5) is 0.0415. The van der Waals surface area contributed by atoms with Gasteiger partial charge >= 0.3 is 0 Å². The molecule has 0 amide bonds. The summed E-state index contributed by atoms with van der Waals surface area (Å²) in [6.45, 7) is 0. The third-order valence-electron chi connectivity index (χ3n) is 3.41. The average molecular weight is 351 g/mol. The fraction of sp³-hybridized carbons (Fsp3) is 0. The normalized spacial score (nSPS) is 11.6. The van der Waals surface area contributed by atoms with E-state index in [1.807, 2.05) is 22.9 Å².